The molecular formula is C16H22O. The van der Waals surface area contributed by atoms with Gasteiger partial charge in [-0.15, -0.1) is 0 Å². The third kappa shape index (κ3) is 5.32. The van der Waals surface area contributed by atoms with Crippen molar-refractivity contribution in [2.24, 2.45) is 0 Å². The van der Waals surface area contributed by atoms with Gasteiger partial charge >= 0.3 is 0 Å². The molecule has 17 heavy (non-hydrogen) atoms. The zero-order valence-electron chi connectivity index (χ0n) is 11.1. The van der Waals surface area contributed by atoms with Crippen LogP contribution in [0.25, 0.3) is 0 Å². The largest absolute Gasteiger partial charge is 0.412 e. The van der Waals surface area contributed by atoms with E-state index in [1.807, 2.05) is 0 Å². The number of aryl methyl sites for hydroxylation is 4. The van der Waals surface area contributed by atoms with Gasteiger partial charge in [0.05, 0.1) is 0 Å². The molecule has 0 saturated heterocycles. The van der Waals surface area contributed by atoms with Crippen LogP contribution in [0.1, 0.15) is 22.3 Å². The normalized spacial score (nSPS) is 8.71. The topological polar surface area (TPSA) is 31.5 Å². The molecule has 0 saturated carbocycles. The molecule has 1 heteroatoms. The van der Waals surface area contributed by atoms with Gasteiger partial charge in [0, 0.05) is 0 Å². The number of hydrogen-bond acceptors (Lipinski definition) is 0. The van der Waals surface area contributed by atoms with Crippen molar-refractivity contribution in [3.05, 3.63) is 70.8 Å². The molecule has 0 unspecified atom stereocenters. The molecule has 2 aromatic rings. The summed E-state index contributed by atoms with van der Waals surface area (Å²) < 4.78 is 0. The molecule has 0 aromatic heterocycles. The van der Waals surface area contributed by atoms with Gasteiger partial charge in [0.25, 0.3) is 0 Å². The maximum atomic E-state index is 2.12. The molecule has 0 fully saturated rings. The van der Waals surface area contributed by atoms with Gasteiger partial charge in [-0.2, -0.15) is 0 Å². The van der Waals surface area contributed by atoms with E-state index in [0.717, 1.165) is 0 Å². The van der Waals surface area contributed by atoms with Crippen LogP contribution in [0, 0.1) is 27.7 Å². The van der Waals surface area contributed by atoms with Gasteiger partial charge in [0.2, 0.25) is 0 Å². The lowest BCUT2D eigenvalue weighted by Gasteiger charge is -1.93. The van der Waals surface area contributed by atoms with Crippen LogP contribution in [0.2, 0.25) is 0 Å². The van der Waals surface area contributed by atoms with Crippen LogP contribution in [0.5, 0.6) is 0 Å². The molecule has 0 heterocycles. The van der Waals surface area contributed by atoms with Crippen molar-refractivity contribution in [2.75, 3.05) is 0 Å². The second-order valence-corrected chi connectivity index (χ2v) is 4.17. The first-order valence-corrected chi connectivity index (χ1v) is 5.65. The highest BCUT2D eigenvalue weighted by Crippen LogP contribution is 2.03. The predicted molar refractivity (Wildman–Crippen MR) is 75.4 cm³/mol. The lowest BCUT2D eigenvalue weighted by Crippen LogP contribution is -1.74. The van der Waals surface area contributed by atoms with Crippen LogP contribution in [-0.4, -0.2) is 5.48 Å². The van der Waals surface area contributed by atoms with Crippen molar-refractivity contribution in [1.82, 2.24) is 0 Å². The summed E-state index contributed by atoms with van der Waals surface area (Å²) in [5, 5.41) is 0. The van der Waals surface area contributed by atoms with E-state index < -0.39 is 0 Å². The number of hydrogen-bond donors (Lipinski definition) is 0. The molecule has 0 amide bonds. The second kappa shape index (κ2) is 7.64. The van der Waals surface area contributed by atoms with Crippen molar-refractivity contribution in [2.45, 2.75) is 27.7 Å². The summed E-state index contributed by atoms with van der Waals surface area (Å²) in [7, 11) is 0. The molecule has 0 radical (unpaired) electrons. The summed E-state index contributed by atoms with van der Waals surface area (Å²) in [6.07, 6.45) is 0. The first-order valence-electron chi connectivity index (χ1n) is 5.65. The fourth-order valence-corrected chi connectivity index (χ4v) is 1.33. The molecule has 2 aromatic carbocycles. The summed E-state index contributed by atoms with van der Waals surface area (Å²) in [5.74, 6) is 0. The van der Waals surface area contributed by atoms with Crippen LogP contribution in [0.4, 0.5) is 0 Å². The minimum Gasteiger partial charge on any atom is -0.412 e. The smallest absolute Gasteiger partial charge is 0.0395 e. The van der Waals surface area contributed by atoms with Crippen LogP contribution >= 0.6 is 0 Å². The van der Waals surface area contributed by atoms with Crippen LogP contribution in [0.3, 0.4) is 0 Å². The fourth-order valence-electron chi connectivity index (χ4n) is 1.33. The van der Waals surface area contributed by atoms with E-state index in [2.05, 4.69) is 76.2 Å². The van der Waals surface area contributed by atoms with E-state index in [1.165, 1.54) is 22.3 Å². The van der Waals surface area contributed by atoms with E-state index in [-0.39, 0.29) is 5.48 Å². The Balaban J connectivity index is 0.000000284. The number of rotatable bonds is 0. The molecule has 92 valence electrons. The third-order valence-electron chi connectivity index (χ3n) is 2.85. The highest BCUT2D eigenvalue weighted by molar-refractivity contribution is 5.23. The highest BCUT2D eigenvalue weighted by atomic mass is 16.0. The Morgan fingerprint density at radius 3 is 0.765 bits per heavy atom. The predicted octanol–water partition coefficient (Wildman–Crippen LogP) is 3.78. The summed E-state index contributed by atoms with van der Waals surface area (Å²) in [6, 6.07) is 16.7. The molecule has 0 spiro atoms. The standard InChI is InChI=1S/2C8H10.H2O/c2*1-7-5-3-4-6-8(7)2;/h2*3-6H,1-2H3;1H2. The van der Waals surface area contributed by atoms with Crippen molar-refractivity contribution in [3.8, 4) is 0 Å². The Labute approximate surface area is 104 Å². The SMILES string of the molecule is Cc1ccccc1C.Cc1ccccc1C.O. The molecular weight excluding hydrogens is 208 g/mol. The maximum absolute atomic E-state index is 2.12. The van der Waals surface area contributed by atoms with Crippen molar-refractivity contribution >= 4 is 0 Å². The molecule has 0 aliphatic heterocycles. The molecule has 2 rings (SSSR count). The Morgan fingerprint density at radius 2 is 0.647 bits per heavy atom. The first kappa shape index (κ1) is 15.4. The average Bonchev–Trinajstić information content (AvgIpc) is 2.28. The van der Waals surface area contributed by atoms with Crippen LogP contribution in [-0.2, 0) is 0 Å². The molecule has 0 bridgehead atoms. The Bertz CT molecular complexity index is 361. The minimum absolute atomic E-state index is 0. The van der Waals surface area contributed by atoms with E-state index in [9.17, 15) is 0 Å². The first-order chi connectivity index (χ1) is 7.61. The van der Waals surface area contributed by atoms with Crippen molar-refractivity contribution in [3.63, 3.8) is 0 Å². The van der Waals surface area contributed by atoms with Crippen LogP contribution in [0.15, 0.2) is 48.5 Å². The lowest BCUT2D eigenvalue weighted by molar-refractivity contribution is 0.824. The van der Waals surface area contributed by atoms with Gasteiger partial charge < -0.3 is 5.48 Å². The third-order valence-corrected chi connectivity index (χ3v) is 2.85. The number of benzene rings is 2. The second-order valence-electron chi connectivity index (χ2n) is 4.17. The van der Waals surface area contributed by atoms with Gasteiger partial charge in [-0.1, -0.05) is 48.5 Å². The summed E-state index contributed by atoms with van der Waals surface area (Å²) >= 11 is 0. The molecule has 0 aliphatic rings. The minimum atomic E-state index is 0. The molecule has 2 N–H and O–H groups in total. The zero-order chi connectivity index (χ0) is 12.0. The van der Waals surface area contributed by atoms with Gasteiger partial charge in [-0.05, 0) is 49.9 Å². The van der Waals surface area contributed by atoms with Gasteiger partial charge in [0.15, 0.2) is 0 Å². The van der Waals surface area contributed by atoms with E-state index in [4.69, 9.17) is 0 Å². The maximum Gasteiger partial charge on any atom is -0.0395 e. The van der Waals surface area contributed by atoms with E-state index in [0.29, 0.717) is 0 Å². The fraction of sp³-hybridized carbons (Fsp3) is 0.250. The van der Waals surface area contributed by atoms with E-state index in [1.54, 1.807) is 0 Å². The monoisotopic (exact) mass is 230 g/mol. The van der Waals surface area contributed by atoms with Crippen molar-refractivity contribution in [1.29, 1.82) is 0 Å². The van der Waals surface area contributed by atoms with Gasteiger partial charge in [0.1, 0.15) is 0 Å². The lowest BCUT2D eigenvalue weighted by atomic mass is 10.1. The Hall–Kier alpha value is -1.60. The zero-order valence-corrected chi connectivity index (χ0v) is 11.1. The Kier molecular flexibility index (Phi) is 6.92. The molecule has 1 nitrogen and oxygen atoms in total. The van der Waals surface area contributed by atoms with Gasteiger partial charge in [-0.25, -0.2) is 0 Å². The van der Waals surface area contributed by atoms with Gasteiger partial charge in [-0.3, -0.25) is 0 Å². The van der Waals surface area contributed by atoms with Crippen LogP contribution < -0.4 is 0 Å². The Morgan fingerprint density at radius 1 is 0.471 bits per heavy atom. The average molecular weight is 230 g/mol. The van der Waals surface area contributed by atoms with Crippen molar-refractivity contribution < 1.29 is 5.48 Å². The summed E-state index contributed by atoms with van der Waals surface area (Å²) in [6.45, 7) is 8.48. The highest BCUT2D eigenvalue weighted by Gasteiger charge is 1.84. The van der Waals surface area contributed by atoms with E-state index >= 15 is 0 Å². The molecule has 0 aliphatic carbocycles. The summed E-state index contributed by atoms with van der Waals surface area (Å²) in [4.78, 5) is 0. The quantitative estimate of drug-likeness (QED) is 0.659. The summed E-state index contributed by atoms with van der Waals surface area (Å²) in [5.41, 5.74) is 5.47. The molecule has 0 atom stereocenters.